The number of hydrogen-bond donors (Lipinski definition) is 1. The molecule has 0 aromatic heterocycles. The van der Waals surface area contributed by atoms with E-state index in [0.717, 1.165) is 11.6 Å². The van der Waals surface area contributed by atoms with E-state index in [2.05, 4.69) is 0 Å². The normalized spacial score (nSPS) is 18.7. The topological polar surface area (TPSA) is 68.2 Å². The highest BCUT2D eigenvalue weighted by Crippen LogP contribution is 2.30. The van der Waals surface area contributed by atoms with E-state index in [1.54, 1.807) is 4.90 Å². The summed E-state index contributed by atoms with van der Waals surface area (Å²) < 4.78 is 43.0. The Hall–Kier alpha value is -2.87. The summed E-state index contributed by atoms with van der Waals surface area (Å²) in [5.74, 6) is -1.46. The predicted molar refractivity (Wildman–Crippen MR) is 120 cm³/mol. The van der Waals surface area contributed by atoms with Gasteiger partial charge in [0.2, 0.25) is 5.82 Å². The summed E-state index contributed by atoms with van der Waals surface area (Å²) in [6.45, 7) is 6.73. The Morgan fingerprint density at radius 2 is 1.79 bits per heavy atom. The van der Waals surface area contributed by atoms with Crippen molar-refractivity contribution in [1.29, 1.82) is 0 Å². The Morgan fingerprint density at radius 1 is 1.09 bits per heavy atom. The number of aliphatic hydroxyl groups is 1. The number of likely N-dealkylation sites (tertiary alicyclic amines) is 1. The molecule has 0 saturated carbocycles. The first-order valence-electron chi connectivity index (χ1n) is 11.1. The highest BCUT2D eigenvalue weighted by Gasteiger charge is 2.33. The second-order valence-corrected chi connectivity index (χ2v) is 9.06. The van der Waals surface area contributed by atoms with E-state index >= 15 is 0 Å². The number of halogens is 2. The van der Waals surface area contributed by atoms with Crippen LogP contribution in [0.1, 0.15) is 45.1 Å². The monoisotopic (exact) mass is 463 g/mol. The molecule has 1 aliphatic rings. The fraction of sp³-hybridized carbons (Fsp3) is 0.480. The molecular weight excluding hydrogens is 432 g/mol. The largest absolute Gasteiger partial charge is 0.493 e. The van der Waals surface area contributed by atoms with Crippen molar-refractivity contribution < 1.29 is 32.9 Å². The van der Waals surface area contributed by atoms with Gasteiger partial charge in [-0.15, -0.1) is 0 Å². The van der Waals surface area contributed by atoms with Crippen molar-refractivity contribution in [2.75, 3.05) is 26.3 Å². The molecule has 1 amide bonds. The summed E-state index contributed by atoms with van der Waals surface area (Å²) in [6.07, 6.45) is 0.0417. The first-order chi connectivity index (χ1) is 15.6. The fourth-order valence-electron chi connectivity index (χ4n) is 3.65. The van der Waals surface area contributed by atoms with Gasteiger partial charge in [-0.25, -0.2) is 9.18 Å². The molecule has 1 N–H and O–H groups in total. The smallest absolute Gasteiger partial charge is 0.410 e. The second kappa shape index (κ2) is 10.8. The fourth-order valence-corrected chi connectivity index (χ4v) is 3.65. The van der Waals surface area contributed by atoms with Gasteiger partial charge in [0.1, 0.15) is 11.4 Å². The van der Waals surface area contributed by atoms with E-state index in [4.69, 9.17) is 14.2 Å². The maximum absolute atomic E-state index is 13.5. The van der Waals surface area contributed by atoms with E-state index < -0.39 is 29.4 Å². The number of carbonyl (C=O) groups excluding carboxylic acids is 1. The molecule has 0 radical (unpaired) electrons. The molecule has 1 heterocycles. The Labute approximate surface area is 193 Å². The van der Waals surface area contributed by atoms with Crippen LogP contribution in [0, 0.1) is 11.6 Å². The van der Waals surface area contributed by atoms with Crippen molar-refractivity contribution in [3.05, 3.63) is 59.7 Å². The summed E-state index contributed by atoms with van der Waals surface area (Å²) in [5.41, 5.74) is 0.403. The third kappa shape index (κ3) is 7.05. The molecule has 0 bridgehead atoms. The Morgan fingerprint density at radius 3 is 2.45 bits per heavy atom. The quantitative estimate of drug-likeness (QED) is 0.592. The molecular formula is C25H31F2NO5. The summed E-state index contributed by atoms with van der Waals surface area (Å²) >= 11 is 0. The molecule has 2 atom stereocenters. The molecule has 8 heteroatoms. The average molecular weight is 464 g/mol. The number of amides is 1. The van der Waals surface area contributed by atoms with Crippen LogP contribution >= 0.6 is 0 Å². The summed E-state index contributed by atoms with van der Waals surface area (Å²) in [7, 11) is 0. The first-order valence-corrected chi connectivity index (χ1v) is 11.1. The van der Waals surface area contributed by atoms with Crippen molar-refractivity contribution in [3.63, 3.8) is 0 Å². The lowest BCUT2D eigenvalue weighted by Crippen LogP contribution is -2.47. The molecule has 2 unspecified atom stereocenters. The number of aliphatic hydroxyl groups excluding tert-OH is 1. The highest BCUT2D eigenvalue weighted by molar-refractivity contribution is 5.68. The van der Waals surface area contributed by atoms with Crippen LogP contribution in [0.3, 0.4) is 0 Å². The third-order valence-corrected chi connectivity index (χ3v) is 5.27. The van der Waals surface area contributed by atoms with Crippen molar-refractivity contribution in [2.24, 2.45) is 0 Å². The van der Waals surface area contributed by atoms with Gasteiger partial charge < -0.3 is 24.2 Å². The number of rotatable bonds is 7. The van der Waals surface area contributed by atoms with Crippen LogP contribution < -0.4 is 9.47 Å². The molecule has 1 fully saturated rings. The van der Waals surface area contributed by atoms with Crippen molar-refractivity contribution >= 4 is 6.09 Å². The Kier molecular flexibility index (Phi) is 8.13. The molecule has 33 heavy (non-hydrogen) atoms. The Bertz CT molecular complexity index is 929. The van der Waals surface area contributed by atoms with Gasteiger partial charge >= 0.3 is 6.09 Å². The minimum absolute atomic E-state index is 0.0766. The summed E-state index contributed by atoms with van der Waals surface area (Å²) in [6, 6.07) is 11.3. The third-order valence-electron chi connectivity index (χ3n) is 5.27. The molecule has 0 spiro atoms. The minimum atomic E-state index is -0.992. The number of benzene rings is 2. The van der Waals surface area contributed by atoms with E-state index in [9.17, 15) is 18.7 Å². The molecule has 3 rings (SSSR count). The first kappa shape index (κ1) is 24.8. The van der Waals surface area contributed by atoms with Crippen LogP contribution in [-0.2, 0) is 4.74 Å². The van der Waals surface area contributed by atoms with Crippen LogP contribution in [0.2, 0.25) is 0 Å². The van der Waals surface area contributed by atoms with Gasteiger partial charge in [-0.2, -0.15) is 4.39 Å². The average Bonchev–Trinajstić information content (AvgIpc) is 2.75. The molecule has 0 aliphatic carbocycles. The lowest BCUT2D eigenvalue weighted by atomic mass is 9.87. The van der Waals surface area contributed by atoms with E-state index in [1.807, 2.05) is 45.0 Å². The number of ether oxygens (including phenoxy) is 3. The van der Waals surface area contributed by atoms with Crippen LogP contribution in [0.15, 0.2) is 42.5 Å². The van der Waals surface area contributed by atoms with Crippen molar-refractivity contribution in [3.8, 4) is 11.5 Å². The van der Waals surface area contributed by atoms with Crippen LogP contribution in [0.25, 0.3) is 0 Å². The summed E-state index contributed by atoms with van der Waals surface area (Å²) in [4.78, 5) is 13.8. The number of carbonyl (C=O) groups is 1. The Balaban J connectivity index is 1.42. The lowest BCUT2D eigenvalue weighted by Gasteiger charge is -2.36. The number of piperidine rings is 1. The molecule has 1 saturated heterocycles. The highest BCUT2D eigenvalue weighted by atomic mass is 19.2. The SMILES string of the molecule is CC(C)(C)OC(=O)N1CCC(c2ccc(OCCCOc3cccc(F)c3F)cc2)C(O)C1. The van der Waals surface area contributed by atoms with Crippen LogP contribution in [0.4, 0.5) is 13.6 Å². The molecule has 2 aromatic carbocycles. The molecule has 6 nitrogen and oxygen atoms in total. The number of nitrogens with zero attached hydrogens (tertiary/aromatic N) is 1. The van der Waals surface area contributed by atoms with Crippen molar-refractivity contribution in [1.82, 2.24) is 4.90 Å². The zero-order valence-electron chi connectivity index (χ0n) is 19.2. The maximum Gasteiger partial charge on any atom is 0.410 e. The standard InChI is InChI=1S/C25H31F2NO5/c1-25(2,3)33-24(30)28-13-12-19(21(29)16-28)17-8-10-18(11-9-17)31-14-5-15-32-22-7-4-6-20(26)23(22)27/h4,6-11,19,21,29H,5,12-16H2,1-3H3. The van der Waals surface area contributed by atoms with Crippen LogP contribution in [-0.4, -0.2) is 54.1 Å². The molecule has 1 aliphatic heterocycles. The minimum Gasteiger partial charge on any atom is -0.493 e. The van der Waals surface area contributed by atoms with E-state index in [-0.39, 0.29) is 24.8 Å². The van der Waals surface area contributed by atoms with Gasteiger partial charge in [0.15, 0.2) is 11.6 Å². The van der Waals surface area contributed by atoms with Gasteiger partial charge in [0.05, 0.1) is 25.9 Å². The van der Waals surface area contributed by atoms with Gasteiger partial charge in [-0.1, -0.05) is 18.2 Å². The zero-order valence-corrected chi connectivity index (χ0v) is 19.2. The van der Waals surface area contributed by atoms with Gasteiger partial charge in [-0.3, -0.25) is 0 Å². The van der Waals surface area contributed by atoms with E-state index in [0.29, 0.717) is 31.7 Å². The zero-order chi connectivity index (χ0) is 24.0. The summed E-state index contributed by atoms with van der Waals surface area (Å²) in [5, 5.41) is 10.6. The van der Waals surface area contributed by atoms with E-state index in [1.165, 1.54) is 12.1 Å². The number of β-amino-alcohol motifs (C(OH)–C–C–N with tert-alkyl or cyclic N) is 1. The van der Waals surface area contributed by atoms with Crippen molar-refractivity contribution in [2.45, 2.75) is 51.2 Å². The molecule has 180 valence electrons. The predicted octanol–water partition coefficient (Wildman–Crippen LogP) is 4.90. The van der Waals surface area contributed by atoms with Gasteiger partial charge in [-0.05, 0) is 57.0 Å². The van der Waals surface area contributed by atoms with Gasteiger partial charge in [0.25, 0.3) is 0 Å². The second-order valence-electron chi connectivity index (χ2n) is 9.06. The molecule has 2 aromatic rings. The van der Waals surface area contributed by atoms with Crippen LogP contribution in [0.5, 0.6) is 11.5 Å². The van der Waals surface area contributed by atoms with Gasteiger partial charge in [0, 0.05) is 18.9 Å². The number of hydrogen-bond acceptors (Lipinski definition) is 5. The maximum atomic E-state index is 13.5. The lowest BCUT2D eigenvalue weighted by molar-refractivity contribution is -0.00152.